The van der Waals surface area contributed by atoms with Crippen LogP contribution in [0.25, 0.3) is 11.4 Å². The van der Waals surface area contributed by atoms with Crippen LogP contribution in [0, 0.1) is 6.92 Å². The summed E-state index contributed by atoms with van der Waals surface area (Å²) in [5.74, 6) is -0.842. The zero-order chi connectivity index (χ0) is 18.7. The van der Waals surface area contributed by atoms with E-state index in [2.05, 4.69) is 10.1 Å². The van der Waals surface area contributed by atoms with Crippen LogP contribution in [0.3, 0.4) is 0 Å². The number of carbonyl (C=O) groups is 1. The second-order valence-electron chi connectivity index (χ2n) is 6.10. The smallest absolute Gasteiger partial charge is 0.303 e. The van der Waals surface area contributed by atoms with Gasteiger partial charge in [0.2, 0.25) is 0 Å². The molecule has 0 fully saturated rings. The number of hydrogen-bond donors (Lipinski definition) is 2. The fourth-order valence-electron chi connectivity index (χ4n) is 2.89. The molecule has 3 aromatic rings. The minimum atomic E-state index is -1.04. The van der Waals surface area contributed by atoms with Crippen molar-refractivity contribution >= 4 is 29.8 Å². The van der Waals surface area contributed by atoms with Crippen molar-refractivity contribution in [3.05, 3.63) is 68.9 Å². The fraction of sp³-hybridized carbons (Fsp3) is 0.263. The van der Waals surface area contributed by atoms with Gasteiger partial charge in [0.05, 0.1) is 6.42 Å². The van der Waals surface area contributed by atoms with E-state index < -0.39 is 5.97 Å². The van der Waals surface area contributed by atoms with Crippen molar-refractivity contribution in [2.45, 2.75) is 32.6 Å². The summed E-state index contributed by atoms with van der Waals surface area (Å²) >= 11 is 0. The van der Waals surface area contributed by atoms with Gasteiger partial charge in [-0.25, -0.2) is 9.50 Å². The van der Waals surface area contributed by atoms with Crippen molar-refractivity contribution in [1.82, 2.24) is 14.6 Å². The Kier molecular flexibility index (Phi) is 6.52. The van der Waals surface area contributed by atoms with E-state index in [1.165, 1.54) is 6.07 Å². The number of aromatic nitrogens is 3. The molecule has 0 amide bonds. The van der Waals surface area contributed by atoms with Gasteiger partial charge in [-0.3, -0.25) is 9.59 Å². The molecule has 7 nitrogen and oxygen atoms in total. The van der Waals surface area contributed by atoms with Gasteiger partial charge in [-0.1, -0.05) is 30.3 Å². The molecule has 8 heteroatoms. The van der Waals surface area contributed by atoms with Crippen molar-refractivity contribution in [2.24, 2.45) is 0 Å². The SMILES string of the molecule is Cc1nc2c(=C(O)CCC(=O)O)c(=O)cc(CCc3ccccc3)n2n1.Cl. The predicted molar refractivity (Wildman–Crippen MR) is 103 cm³/mol. The van der Waals surface area contributed by atoms with Crippen LogP contribution < -0.4 is 10.6 Å². The lowest BCUT2D eigenvalue weighted by molar-refractivity contribution is -0.136. The Morgan fingerprint density at radius 2 is 1.81 bits per heavy atom. The molecule has 0 bridgehead atoms. The average molecular weight is 390 g/mol. The van der Waals surface area contributed by atoms with Crippen molar-refractivity contribution in [1.29, 1.82) is 0 Å². The number of rotatable bonds is 6. The van der Waals surface area contributed by atoms with Gasteiger partial charge < -0.3 is 10.2 Å². The molecule has 0 aliphatic rings. The van der Waals surface area contributed by atoms with Gasteiger partial charge in [0, 0.05) is 18.2 Å². The quantitative estimate of drug-likeness (QED) is 0.666. The number of carboxylic acids is 1. The first-order chi connectivity index (χ1) is 12.5. The highest BCUT2D eigenvalue weighted by Gasteiger charge is 2.14. The standard InChI is InChI=1S/C19H19N3O4.ClH/c1-12-20-19-18(15(23)9-10-17(25)26)16(24)11-14(22(19)21-12)8-7-13-5-3-2-4-6-13;/h2-6,11,23H,7-10H2,1H3,(H,25,26);1H. The molecule has 0 saturated heterocycles. The largest absolute Gasteiger partial charge is 0.511 e. The van der Waals surface area contributed by atoms with Crippen LogP contribution in [0.4, 0.5) is 0 Å². The summed E-state index contributed by atoms with van der Waals surface area (Å²) < 4.78 is 1.56. The van der Waals surface area contributed by atoms with E-state index in [4.69, 9.17) is 5.11 Å². The Labute approximate surface area is 161 Å². The first-order valence-corrected chi connectivity index (χ1v) is 8.33. The van der Waals surface area contributed by atoms with Crippen LogP contribution in [-0.4, -0.2) is 30.8 Å². The average Bonchev–Trinajstić information content (AvgIpc) is 2.99. The van der Waals surface area contributed by atoms with Gasteiger partial charge in [-0.2, -0.15) is 5.10 Å². The molecule has 2 aromatic heterocycles. The first kappa shape index (κ1) is 20.4. The van der Waals surface area contributed by atoms with Crippen LogP contribution in [-0.2, 0) is 17.6 Å². The Hall–Kier alpha value is -2.93. The molecule has 0 spiro atoms. The van der Waals surface area contributed by atoms with E-state index in [0.717, 1.165) is 12.0 Å². The maximum Gasteiger partial charge on any atom is 0.303 e. The number of pyridine rings is 1. The minimum absolute atomic E-state index is 0. The Balaban J connectivity index is 0.00000261. The summed E-state index contributed by atoms with van der Waals surface area (Å²) in [7, 11) is 0. The Morgan fingerprint density at radius 1 is 1.11 bits per heavy atom. The van der Waals surface area contributed by atoms with Gasteiger partial charge >= 0.3 is 5.97 Å². The number of aliphatic carboxylic acids is 1. The van der Waals surface area contributed by atoms with Crippen LogP contribution in [0.5, 0.6) is 0 Å². The first-order valence-electron chi connectivity index (χ1n) is 8.33. The third kappa shape index (κ3) is 4.62. The molecule has 3 rings (SSSR count). The summed E-state index contributed by atoms with van der Waals surface area (Å²) in [6.07, 6.45) is 0.937. The van der Waals surface area contributed by atoms with Crippen LogP contribution in [0.2, 0.25) is 0 Å². The monoisotopic (exact) mass is 389 g/mol. The number of aliphatic hydroxyl groups is 1. The highest BCUT2D eigenvalue weighted by Crippen LogP contribution is 2.08. The zero-order valence-electron chi connectivity index (χ0n) is 14.8. The molecule has 142 valence electrons. The molecule has 0 atom stereocenters. The lowest BCUT2D eigenvalue weighted by Crippen LogP contribution is -2.31. The summed E-state index contributed by atoms with van der Waals surface area (Å²) in [5.41, 5.74) is 1.73. The summed E-state index contributed by atoms with van der Waals surface area (Å²) in [5, 5.41) is 23.4. The number of halogens is 1. The number of fused-ring (bicyclic) bond motifs is 1. The van der Waals surface area contributed by atoms with Crippen molar-refractivity contribution in [3.8, 4) is 0 Å². The maximum absolute atomic E-state index is 12.6. The van der Waals surface area contributed by atoms with Crippen molar-refractivity contribution < 1.29 is 15.0 Å². The van der Waals surface area contributed by atoms with E-state index in [1.54, 1.807) is 11.4 Å². The second kappa shape index (κ2) is 8.64. The van der Waals surface area contributed by atoms with E-state index in [0.29, 0.717) is 17.9 Å². The van der Waals surface area contributed by atoms with Gasteiger partial charge in [-0.15, -0.1) is 12.4 Å². The molecular formula is C19H20ClN3O4. The normalized spacial score (nSPS) is 11.9. The highest BCUT2D eigenvalue weighted by atomic mass is 35.5. The number of nitrogens with zero attached hydrogens (tertiary/aromatic N) is 3. The van der Waals surface area contributed by atoms with Crippen LogP contribution >= 0.6 is 12.4 Å². The summed E-state index contributed by atoms with van der Waals surface area (Å²) in [4.78, 5) is 27.5. The van der Waals surface area contributed by atoms with E-state index in [1.807, 2.05) is 30.3 Å². The summed E-state index contributed by atoms with van der Waals surface area (Å²) in [6.45, 7) is 1.70. The third-order valence-electron chi connectivity index (χ3n) is 4.13. The number of aryl methyl sites for hydroxylation is 3. The lowest BCUT2D eigenvalue weighted by Gasteiger charge is -2.05. The van der Waals surface area contributed by atoms with E-state index >= 15 is 0 Å². The molecule has 1 aromatic carbocycles. The Morgan fingerprint density at radius 3 is 2.48 bits per heavy atom. The van der Waals surface area contributed by atoms with Gasteiger partial charge in [0.15, 0.2) is 11.1 Å². The van der Waals surface area contributed by atoms with Gasteiger partial charge in [0.1, 0.15) is 16.8 Å². The third-order valence-corrected chi connectivity index (χ3v) is 4.13. The fourth-order valence-corrected chi connectivity index (χ4v) is 2.89. The van der Waals surface area contributed by atoms with Gasteiger partial charge in [0.25, 0.3) is 0 Å². The molecule has 2 heterocycles. The van der Waals surface area contributed by atoms with E-state index in [9.17, 15) is 14.7 Å². The lowest BCUT2D eigenvalue weighted by atomic mass is 10.1. The number of benzene rings is 1. The molecule has 0 radical (unpaired) electrons. The number of carboxylic acid groups (broad SMARTS) is 1. The predicted octanol–water partition coefficient (Wildman–Crippen LogP) is 1.85. The topological polar surface area (TPSA) is 105 Å². The molecular weight excluding hydrogens is 370 g/mol. The maximum atomic E-state index is 12.6. The summed E-state index contributed by atoms with van der Waals surface area (Å²) in [6, 6.07) is 11.3. The molecule has 0 unspecified atom stereocenters. The van der Waals surface area contributed by atoms with Crippen molar-refractivity contribution in [2.75, 3.05) is 0 Å². The van der Waals surface area contributed by atoms with E-state index in [-0.39, 0.29) is 47.3 Å². The molecule has 27 heavy (non-hydrogen) atoms. The molecule has 0 aliphatic carbocycles. The highest BCUT2D eigenvalue weighted by molar-refractivity contribution is 5.85. The van der Waals surface area contributed by atoms with Crippen LogP contribution in [0.1, 0.15) is 29.9 Å². The molecule has 0 aliphatic heterocycles. The second-order valence-corrected chi connectivity index (χ2v) is 6.10. The van der Waals surface area contributed by atoms with Gasteiger partial charge in [-0.05, 0) is 25.3 Å². The van der Waals surface area contributed by atoms with Crippen LogP contribution in [0.15, 0.2) is 41.2 Å². The van der Waals surface area contributed by atoms with Crippen molar-refractivity contribution in [3.63, 3.8) is 0 Å². The molecule has 2 N–H and O–H groups in total. The zero-order valence-corrected chi connectivity index (χ0v) is 15.6. The number of aliphatic hydroxyl groups excluding tert-OH is 1. The Bertz CT molecular complexity index is 1060. The minimum Gasteiger partial charge on any atom is -0.511 e. The number of hydrogen-bond acceptors (Lipinski definition) is 5. The molecule has 0 saturated carbocycles.